The minimum Gasteiger partial charge on any atom is -0.234 e. The molecular formula is C11H13BrClNOS. The molecule has 0 heterocycles. The van der Waals surface area contributed by atoms with Gasteiger partial charge in [-0.05, 0) is 54.4 Å². The normalized spacial score (nSPS) is 14.3. The lowest BCUT2D eigenvalue weighted by Crippen LogP contribution is -2.19. The van der Waals surface area contributed by atoms with Gasteiger partial charge in [0.1, 0.15) is 11.0 Å². The number of hydrogen-bond acceptors (Lipinski definition) is 1. The van der Waals surface area contributed by atoms with E-state index in [2.05, 4.69) is 20.3 Å². The molecule has 1 aromatic rings. The summed E-state index contributed by atoms with van der Waals surface area (Å²) in [5, 5.41) is 0.616. The van der Waals surface area contributed by atoms with Gasteiger partial charge < -0.3 is 0 Å². The quantitative estimate of drug-likeness (QED) is 0.757. The van der Waals surface area contributed by atoms with Crippen LogP contribution in [0, 0.1) is 0 Å². The minimum atomic E-state index is -1.24. The Labute approximate surface area is 112 Å². The highest BCUT2D eigenvalue weighted by molar-refractivity contribution is 9.10. The summed E-state index contributed by atoms with van der Waals surface area (Å²) in [6.45, 7) is 5.65. The Kier molecular flexibility index (Phi) is 4.71. The largest absolute Gasteiger partial charge is 0.234 e. The summed E-state index contributed by atoms with van der Waals surface area (Å²) in [5.41, 5.74) is 0.839. The molecule has 0 spiro atoms. The van der Waals surface area contributed by atoms with Crippen molar-refractivity contribution in [2.45, 2.75) is 25.5 Å². The molecule has 0 aliphatic rings. The minimum absolute atomic E-state index is 0.338. The molecular weight excluding hydrogens is 310 g/mol. The second-order valence-corrected chi connectivity index (χ2v) is 7.46. The van der Waals surface area contributed by atoms with Crippen molar-refractivity contribution in [2.75, 3.05) is 0 Å². The van der Waals surface area contributed by atoms with Crippen LogP contribution in [0.5, 0.6) is 0 Å². The zero-order chi connectivity index (χ0) is 12.3. The maximum absolute atomic E-state index is 11.7. The lowest BCUT2D eigenvalue weighted by atomic mass is 10.2. The Morgan fingerprint density at radius 2 is 2.06 bits per heavy atom. The van der Waals surface area contributed by atoms with Gasteiger partial charge in [0.2, 0.25) is 0 Å². The molecule has 16 heavy (non-hydrogen) atoms. The van der Waals surface area contributed by atoms with Gasteiger partial charge in [-0.1, -0.05) is 17.7 Å². The van der Waals surface area contributed by atoms with Gasteiger partial charge in [-0.2, -0.15) is 4.40 Å². The fourth-order valence-corrected chi connectivity index (χ4v) is 1.83. The van der Waals surface area contributed by atoms with Crippen LogP contribution in [0.1, 0.15) is 26.3 Å². The average molecular weight is 323 g/mol. The van der Waals surface area contributed by atoms with Crippen LogP contribution in [0.25, 0.3) is 0 Å². The predicted molar refractivity (Wildman–Crippen MR) is 74.6 cm³/mol. The molecule has 0 saturated carbocycles. The van der Waals surface area contributed by atoms with Crippen LogP contribution in [-0.4, -0.2) is 15.2 Å². The molecule has 0 aliphatic carbocycles. The van der Waals surface area contributed by atoms with Crippen molar-refractivity contribution in [2.24, 2.45) is 4.40 Å². The maximum atomic E-state index is 11.7. The summed E-state index contributed by atoms with van der Waals surface area (Å²) in [6.07, 6.45) is 1.58. The molecule has 1 atom stereocenters. The molecule has 0 unspecified atom stereocenters. The lowest BCUT2D eigenvalue weighted by Gasteiger charge is -2.12. The Hall–Kier alpha value is -0.190. The first-order valence-corrected chi connectivity index (χ1v) is 6.99. The van der Waals surface area contributed by atoms with Crippen LogP contribution < -0.4 is 0 Å². The molecule has 0 radical (unpaired) electrons. The van der Waals surface area contributed by atoms with E-state index in [4.69, 9.17) is 11.6 Å². The van der Waals surface area contributed by atoms with Crippen LogP contribution in [0.4, 0.5) is 0 Å². The Morgan fingerprint density at radius 1 is 1.44 bits per heavy atom. The molecule has 0 bridgehead atoms. The van der Waals surface area contributed by atoms with Crippen molar-refractivity contribution >= 4 is 44.7 Å². The lowest BCUT2D eigenvalue weighted by molar-refractivity contribution is 0.651. The van der Waals surface area contributed by atoms with E-state index in [-0.39, 0.29) is 4.75 Å². The topological polar surface area (TPSA) is 29.4 Å². The first-order valence-electron chi connectivity index (χ1n) is 4.72. The third-order valence-electron chi connectivity index (χ3n) is 1.77. The van der Waals surface area contributed by atoms with Gasteiger partial charge in [0.25, 0.3) is 0 Å². The molecule has 88 valence electrons. The molecule has 5 heteroatoms. The second kappa shape index (κ2) is 5.43. The van der Waals surface area contributed by atoms with Crippen molar-refractivity contribution < 1.29 is 4.21 Å². The fraction of sp³-hybridized carbons (Fsp3) is 0.364. The number of hydrogen-bond donors (Lipinski definition) is 0. The standard InChI is InChI=1S/C11H13BrClNOS/c1-11(2,3)16(15)14-7-8-4-5-9(12)10(13)6-8/h4-7H,1-3H3/b14-7+/t16-/m0/s1. The predicted octanol–water partition coefficient (Wildman–Crippen LogP) is 3.98. The first-order chi connectivity index (χ1) is 7.30. The SMILES string of the molecule is CC(C)(C)[S@](=O)/N=C/c1ccc(Br)c(Cl)c1. The molecule has 1 aromatic carbocycles. The van der Waals surface area contributed by atoms with Crippen molar-refractivity contribution in [3.05, 3.63) is 33.3 Å². The van der Waals surface area contributed by atoms with E-state index in [1.807, 2.05) is 32.9 Å². The highest BCUT2D eigenvalue weighted by Gasteiger charge is 2.18. The Morgan fingerprint density at radius 3 is 2.56 bits per heavy atom. The summed E-state index contributed by atoms with van der Waals surface area (Å²) in [7, 11) is -1.24. The zero-order valence-electron chi connectivity index (χ0n) is 9.33. The van der Waals surface area contributed by atoms with Crippen LogP contribution >= 0.6 is 27.5 Å². The summed E-state index contributed by atoms with van der Waals surface area (Å²) < 4.78 is 16.2. The third-order valence-corrected chi connectivity index (χ3v) is 4.34. The highest BCUT2D eigenvalue weighted by Crippen LogP contribution is 2.22. The summed E-state index contributed by atoms with van der Waals surface area (Å²) in [5.74, 6) is 0. The number of nitrogens with zero attached hydrogens (tertiary/aromatic N) is 1. The van der Waals surface area contributed by atoms with Gasteiger partial charge >= 0.3 is 0 Å². The van der Waals surface area contributed by atoms with Gasteiger partial charge in [0, 0.05) is 10.7 Å². The number of rotatable bonds is 2. The summed E-state index contributed by atoms with van der Waals surface area (Å²) >= 11 is 9.24. The van der Waals surface area contributed by atoms with Crippen LogP contribution in [0.3, 0.4) is 0 Å². The van der Waals surface area contributed by atoms with Crippen molar-refractivity contribution in [3.8, 4) is 0 Å². The molecule has 0 amide bonds. The van der Waals surface area contributed by atoms with E-state index >= 15 is 0 Å². The molecule has 2 nitrogen and oxygen atoms in total. The third kappa shape index (κ3) is 4.00. The molecule has 0 fully saturated rings. The van der Waals surface area contributed by atoms with Gasteiger partial charge in [-0.3, -0.25) is 0 Å². The fourth-order valence-electron chi connectivity index (χ4n) is 0.860. The molecule has 0 N–H and O–H groups in total. The number of benzene rings is 1. The zero-order valence-corrected chi connectivity index (χ0v) is 12.5. The van der Waals surface area contributed by atoms with Crippen LogP contribution in [0.2, 0.25) is 5.02 Å². The summed E-state index contributed by atoms with van der Waals surface area (Å²) in [4.78, 5) is 0. The van der Waals surface area contributed by atoms with E-state index in [9.17, 15) is 4.21 Å². The summed E-state index contributed by atoms with van der Waals surface area (Å²) in [6, 6.07) is 5.47. The van der Waals surface area contributed by atoms with E-state index in [1.54, 1.807) is 12.3 Å². The maximum Gasteiger partial charge on any atom is 0.144 e. The van der Waals surface area contributed by atoms with Crippen LogP contribution in [0.15, 0.2) is 27.1 Å². The van der Waals surface area contributed by atoms with Gasteiger partial charge in [0.15, 0.2) is 0 Å². The van der Waals surface area contributed by atoms with Crippen molar-refractivity contribution in [1.82, 2.24) is 0 Å². The first kappa shape index (κ1) is 13.9. The van der Waals surface area contributed by atoms with Gasteiger partial charge in [-0.25, -0.2) is 4.21 Å². The van der Waals surface area contributed by atoms with E-state index < -0.39 is 11.0 Å². The molecule has 0 aliphatic heterocycles. The van der Waals surface area contributed by atoms with Crippen molar-refractivity contribution in [1.29, 1.82) is 0 Å². The molecule has 0 saturated heterocycles. The Balaban J connectivity index is 2.85. The average Bonchev–Trinajstić information content (AvgIpc) is 2.18. The molecule has 0 aromatic heterocycles. The van der Waals surface area contributed by atoms with E-state index in [0.717, 1.165) is 10.0 Å². The van der Waals surface area contributed by atoms with Crippen LogP contribution in [-0.2, 0) is 11.0 Å². The van der Waals surface area contributed by atoms with Gasteiger partial charge in [-0.15, -0.1) is 0 Å². The molecule has 1 rings (SSSR count). The smallest absolute Gasteiger partial charge is 0.144 e. The Bertz CT molecular complexity index is 440. The highest BCUT2D eigenvalue weighted by atomic mass is 79.9. The van der Waals surface area contributed by atoms with Gasteiger partial charge in [0.05, 0.1) is 9.77 Å². The van der Waals surface area contributed by atoms with E-state index in [0.29, 0.717) is 5.02 Å². The monoisotopic (exact) mass is 321 g/mol. The van der Waals surface area contributed by atoms with Crippen molar-refractivity contribution in [3.63, 3.8) is 0 Å². The number of halogens is 2. The second-order valence-electron chi connectivity index (χ2n) is 4.27. The van der Waals surface area contributed by atoms with E-state index in [1.165, 1.54) is 0 Å².